The van der Waals surface area contributed by atoms with Crippen LogP contribution in [0.15, 0.2) is 29.2 Å². The van der Waals surface area contributed by atoms with E-state index in [0.29, 0.717) is 23.0 Å². The van der Waals surface area contributed by atoms with Crippen molar-refractivity contribution in [1.82, 2.24) is 9.21 Å². The van der Waals surface area contributed by atoms with Gasteiger partial charge >= 0.3 is 0 Å². The van der Waals surface area contributed by atoms with E-state index in [1.54, 1.807) is 28.6 Å². The summed E-state index contributed by atoms with van der Waals surface area (Å²) in [5, 5.41) is 0.549. The molecule has 20 heavy (non-hydrogen) atoms. The number of hydrogen-bond donors (Lipinski definition) is 0. The van der Waals surface area contributed by atoms with Gasteiger partial charge in [0, 0.05) is 31.2 Å². The third kappa shape index (κ3) is 3.73. The summed E-state index contributed by atoms with van der Waals surface area (Å²) in [6.45, 7) is 5.98. The molecule has 4 nitrogen and oxygen atoms in total. The molecule has 1 aliphatic rings. The van der Waals surface area contributed by atoms with E-state index in [0.717, 1.165) is 19.6 Å². The van der Waals surface area contributed by atoms with Gasteiger partial charge in [-0.15, -0.1) is 0 Å². The summed E-state index contributed by atoms with van der Waals surface area (Å²) in [6, 6.07) is 6.38. The van der Waals surface area contributed by atoms with Gasteiger partial charge in [0.2, 0.25) is 10.0 Å². The Morgan fingerprint density at radius 2 is 1.70 bits per heavy atom. The minimum Gasteiger partial charge on any atom is -0.301 e. The van der Waals surface area contributed by atoms with Crippen LogP contribution in [0.3, 0.4) is 0 Å². The summed E-state index contributed by atoms with van der Waals surface area (Å²) in [4.78, 5) is 2.65. The van der Waals surface area contributed by atoms with E-state index in [-0.39, 0.29) is 0 Å². The second kappa shape index (κ2) is 6.89. The van der Waals surface area contributed by atoms with E-state index in [2.05, 4.69) is 11.8 Å². The highest BCUT2D eigenvalue weighted by molar-refractivity contribution is 7.89. The zero-order valence-electron chi connectivity index (χ0n) is 11.8. The highest BCUT2D eigenvalue weighted by atomic mass is 35.5. The normalized spacial score (nSPS) is 18.3. The first kappa shape index (κ1) is 15.8. The number of benzene rings is 1. The zero-order chi connectivity index (χ0) is 14.6. The molecule has 0 radical (unpaired) electrons. The Kier molecular flexibility index (Phi) is 5.43. The number of nitrogens with zero attached hydrogens (tertiary/aromatic N) is 2. The molecule has 0 aromatic heterocycles. The number of piperazine rings is 1. The number of halogens is 1. The number of sulfonamides is 1. The van der Waals surface area contributed by atoms with Crippen LogP contribution in [-0.2, 0) is 10.0 Å². The SMILES string of the molecule is CCCCN1CCN(S(=O)(=O)c2ccc(Cl)cc2)CC1. The molecule has 0 bridgehead atoms. The number of hydrogen-bond acceptors (Lipinski definition) is 3. The van der Waals surface area contributed by atoms with Gasteiger partial charge in [0.25, 0.3) is 0 Å². The summed E-state index contributed by atoms with van der Waals surface area (Å²) in [6.07, 6.45) is 2.34. The van der Waals surface area contributed by atoms with Gasteiger partial charge in [-0.1, -0.05) is 24.9 Å². The fraction of sp³-hybridized carbons (Fsp3) is 0.571. The van der Waals surface area contributed by atoms with Crippen LogP contribution < -0.4 is 0 Å². The molecule has 0 amide bonds. The summed E-state index contributed by atoms with van der Waals surface area (Å²) >= 11 is 5.80. The third-order valence-electron chi connectivity index (χ3n) is 3.61. The number of unbranched alkanes of at least 4 members (excludes halogenated alkanes) is 1. The third-order valence-corrected chi connectivity index (χ3v) is 5.78. The van der Waals surface area contributed by atoms with Crippen molar-refractivity contribution < 1.29 is 8.42 Å². The van der Waals surface area contributed by atoms with Crippen molar-refractivity contribution in [3.8, 4) is 0 Å². The zero-order valence-corrected chi connectivity index (χ0v) is 13.3. The molecule has 0 unspecified atom stereocenters. The van der Waals surface area contributed by atoms with Crippen LogP contribution in [0.5, 0.6) is 0 Å². The molecule has 1 heterocycles. The van der Waals surface area contributed by atoms with E-state index in [9.17, 15) is 8.42 Å². The van der Waals surface area contributed by atoms with Crippen molar-refractivity contribution in [3.05, 3.63) is 29.3 Å². The Morgan fingerprint density at radius 1 is 1.10 bits per heavy atom. The lowest BCUT2D eigenvalue weighted by Gasteiger charge is -2.33. The molecule has 1 fully saturated rings. The standard InChI is InChI=1S/C14H21ClN2O2S/c1-2-3-8-16-9-11-17(12-10-16)20(18,19)14-6-4-13(15)5-7-14/h4-7H,2-3,8-12H2,1H3. The minimum atomic E-state index is -3.37. The van der Waals surface area contributed by atoms with E-state index in [4.69, 9.17) is 11.6 Å². The largest absolute Gasteiger partial charge is 0.301 e. The highest BCUT2D eigenvalue weighted by Gasteiger charge is 2.28. The lowest BCUT2D eigenvalue weighted by molar-refractivity contribution is 0.186. The molecule has 1 aromatic rings. The first-order valence-corrected chi connectivity index (χ1v) is 8.84. The van der Waals surface area contributed by atoms with E-state index >= 15 is 0 Å². The van der Waals surface area contributed by atoms with E-state index in [1.807, 2.05) is 0 Å². The van der Waals surface area contributed by atoms with Gasteiger partial charge in [0.1, 0.15) is 0 Å². The maximum Gasteiger partial charge on any atom is 0.243 e. The van der Waals surface area contributed by atoms with Crippen molar-refractivity contribution in [2.24, 2.45) is 0 Å². The maximum atomic E-state index is 12.5. The van der Waals surface area contributed by atoms with Crippen molar-refractivity contribution in [3.63, 3.8) is 0 Å². The van der Waals surface area contributed by atoms with E-state index in [1.165, 1.54) is 12.8 Å². The first-order chi connectivity index (χ1) is 9.54. The second-order valence-corrected chi connectivity index (χ2v) is 7.43. The van der Waals surface area contributed by atoms with Crippen LogP contribution in [0, 0.1) is 0 Å². The van der Waals surface area contributed by atoms with Gasteiger partial charge in [0.15, 0.2) is 0 Å². The maximum absolute atomic E-state index is 12.5. The summed E-state index contributed by atoms with van der Waals surface area (Å²) < 4.78 is 26.5. The second-order valence-electron chi connectivity index (χ2n) is 5.05. The molecule has 0 aliphatic carbocycles. The van der Waals surface area contributed by atoms with Gasteiger partial charge in [-0.25, -0.2) is 8.42 Å². The quantitative estimate of drug-likeness (QED) is 0.838. The van der Waals surface area contributed by atoms with Gasteiger partial charge in [-0.05, 0) is 37.2 Å². The van der Waals surface area contributed by atoms with Gasteiger partial charge in [0.05, 0.1) is 4.90 Å². The van der Waals surface area contributed by atoms with Gasteiger partial charge in [-0.3, -0.25) is 0 Å². The number of rotatable bonds is 5. The van der Waals surface area contributed by atoms with Crippen LogP contribution in [0.4, 0.5) is 0 Å². The average molecular weight is 317 g/mol. The Balaban J connectivity index is 2.00. The molecule has 1 aromatic carbocycles. The Hall–Kier alpha value is -0.620. The fourth-order valence-corrected chi connectivity index (χ4v) is 3.88. The Morgan fingerprint density at radius 3 is 2.25 bits per heavy atom. The van der Waals surface area contributed by atoms with Crippen LogP contribution in [0.2, 0.25) is 5.02 Å². The molecule has 0 spiro atoms. The molecule has 1 aliphatic heterocycles. The van der Waals surface area contributed by atoms with Crippen molar-refractivity contribution >= 4 is 21.6 Å². The van der Waals surface area contributed by atoms with Crippen molar-refractivity contribution in [2.45, 2.75) is 24.7 Å². The van der Waals surface area contributed by atoms with Crippen LogP contribution in [0.1, 0.15) is 19.8 Å². The van der Waals surface area contributed by atoms with Crippen molar-refractivity contribution in [2.75, 3.05) is 32.7 Å². The molecule has 6 heteroatoms. The lowest BCUT2D eigenvalue weighted by atomic mass is 10.3. The minimum absolute atomic E-state index is 0.323. The van der Waals surface area contributed by atoms with Gasteiger partial charge in [-0.2, -0.15) is 4.31 Å². The Bertz CT molecular complexity index is 523. The fourth-order valence-electron chi connectivity index (χ4n) is 2.33. The van der Waals surface area contributed by atoms with Crippen molar-refractivity contribution in [1.29, 1.82) is 0 Å². The van der Waals surface area contributed by atoms with E-state index < -0.39 is 10.0 Å². The smallest absolute Gasteiger partial charge is 0.243 e. The molecule has 112 valence electrons. The monoisotopic (exact) mass is 316 g/mol. The first-order valence-electron chi connectivity index (χ1n) is 7.02. The summed E-state index contributed by atoms with van der Waals surface area (Å²) in [5.41, 5.74) is 0. The molecule has 0 atom stereocenters. The predicted octanol–water partition coefficient (Wildman–Crippen LogP) is 2.45. The molecule has 1 saturated heterocycles. The predicted molar refractivity (Wildman–Crippen MR) is 81.6 cm³/mol. The summed E-state index contributed by atoms with van der Waals surface area (Å²) in [5.74, 6) is 0. The van der Waals surface area contributed by atoms with Crippen LogP contribution in [-0.4, -0.2) is 50.3 Å². The topological polar surface area (TPSA) is 40.6 Å². The molecular weight excluding hydrogens is 296 g/mol. The molecule has 0 N–H and O–H groups in total. The van der Waals surface area contributed by atoms with Gasteiger partial charge < -0.3 is 4.90 Å². The highest BCUT2D eigenvalue weighted by Crippen LogP contribution is 2.19. The molecule has 0 saturated carbocycles. The Labute approximate surface area is 126 Å². The molecule has 2 rings (SSSR count). The summed E-state index contributed by atoms with van der Waals surface area (Å²) in [7, 11) is -3.37. The van der Waals surface area contributed by atoms with Crippen LogP contribution >= 0.6 is 11.6 Å². The van der Waals surface area contributed by atoms with Crippen LogP contribution in [0.25, 0.3) is 0 Å². The average Bonchev–Trinajstić information content (AvgIpc) is 2.46. The lowest BCUT2D eigenvalue weighted by Crippen LogP contribution is -2.48. The molecular formula is C14H21ClN2O2S.